The van der Waals surface area contributed by atoms with Crippen molar-refractivity contribution in [3.05, 3.63) is 12.7 Å². The molecule has 0 amide bonds. The molecular weight excluding hydrogens is 428 g/mol. The molecule has 0 bridgehead atoms. The maximum Gasteiger partial charge on any atom is 0.333 e. The van der Waals surface area contributed by atoms with Crippen LogP contribution in [0.1, 0.15) is 33.9 Å². The van der Waals surface area contributed by atoms with E-state index in [1.165, 1.54) is 6.33 Å². The molecule has 3 heterocycles. The lowest BCUT2D eigenvalue weighted by Crippen LogP contribution is -2.47. The van der Waals surface area contributed by atoms with Crippen molar-refractivity contribution in [3.63, 3.8) is 0 Å². The highest BCUT2D eigenvalue weighted by molar-refractivity contribution is 7.84. The molecule has 13 heteroatoms. The summed E-state index contributed by atoms with van der Waals surface area (Å²) in [4.78, 5) is 12.6. The van der Waals surface area contributed by atoms with Crippen LogP contribution in [0.3, 0.4) is 0 Å². The molecule has 0 aromatic carbocycles. The number of hydrogen-bond acceptors (Lipinski definition) is 9. The van der Waals surface area contributed by atoms with Gasteiger partial charge in [-0.05, 0) is 18.1 Å². The van der Waals surface area contributed by atoms with Gasteiger partial charge in [-0.2, -0.15) is 8.42 Å². The van der Waals surface area contributed by atoms with E-state index in [2.05, 4.69) is 48.8 Å². The number of ether oxygens (including phenoxy) is 1. The third-order valence-corrected chi connectivity index (χ3v) is 10.9. The second kappa shape index (κ2) is 7.80. The molecule has 2 aromatic rings. The monoisotopic (exact) mass is 458 g/mol. The Morgan fingerprint density at radius 3 is 2.53 bits per heavy atom. The van der Waals surface area contributed by atoms with Crippen LogP contribution in [-0.2, 0) is 23.7 Å². The van der Waals surface area contributed by atoms with Gasteiger partial charge >= 0.3 is 10.3 Å². The van der Waals surface area contributed by atoms with E-state index >= 15 is 0 Å². The molecule has 2 aromatic heterocycles. The summed E-state index contributed by atoms with van der Waals surface area (Å²) in [5.41, 5.74) is 6.89. The summed E-state index contributed by atoms with van der Waals surface area (Å²) in [6, 6.07) is 0. The molecule has 3 rings (SSSR count). The second-order valence-electron chi connectivity index (χ2n) is 9.13. The van der Waals surface area contributed by atoms with Gasteiger partial charge in [0.15, 0.2) is 26.0 Å². The van der Waals surface area contributed by atoms with Crippen molar-refractivity contribution < 1.29 is 21.8 Å². The van der Waals surface area contributed by atoms with Crippen LogP contribution in [0.15, 0.2) is 12.7 Å². The smallest absolute Gasteiger partial charge is 0.333 e. The lowest BCUT2D eigenvalue weighted by Gasteiger charge is -2.40. The lowest BCUT2D eigenvalue weighted by molar-refractivity contribution is -0.0428. The van der Waals surface area contributed by atoms with Gasteiger partial charge in [0.1, 0.15) is 11.8 Å². The summed E-state index contributed by atoms with van der Waals surface area (Å²) >= 11 is 0. The molecule has 168 valence electrons. The Kier molecular flexibility index (Phi) is 5.99. The van der Waals surface area contributed by atoms with Crippen molar-refractivity contribution in [3.8, 4) is 0 Å². The lowest BCUT2D eigenvalue weighted by atomic mass is 10.0. The molecule has 0 aliphatic carbocycles. The first-order valence-corrected chi connectivity index (χ1v) is 14.0. The Balaban J connectivity index is 1.99. The van der Waals surface area contributed by atoms with Gasteiger partial charge in [0.25, 0.3) is 0 Å². The molecule has 1 aliphatic rings. The third-order valence-electron chi connectivity index (χ3n) is 5.99. The predicted molar refractivity (Wildman–Crippen MR) is 114 cm³/mol. The number of nitrogens with zero attached hydrogens (tertiary/aromatic N) is 4. The fraction of sp³-hybridized carbons (Fsp3) is 0.706. The molecule has 1 fully saturated rings. The summed E-state index contributed by atoms with van der Waals surface area (Å²) < 4.78 is 42.1. The molecular formula is C17H30N6O5SSi. The SMILES string of the molecule is C[C@H]1C(O[Si](C)(C)C(C)(C)C)[C@H](n2cnc3c(N)ncnc32)O[C@@H]1COS(N)(=O)=O. The first kappa shape index (κ1) is 23.0. The van der Waals surface area contributed by atoms with Gasteiger partial charge in [-0.25, -0.2) is 20.1 Å². The van der Waals surface area contributed by atoms with E-state index < -0.39 is 31.0 Å². The molecule has 11 nitrogen and oxygen atoms in total. The standard InChI is InChI=1S/C17H30N6O5SSi/c1-10-11(7-26-29(19,24)25)27-16(13(10)28-30(5,6)17(2,3)4)23-9-22-12-14(18)20-8-21-15(12)23/h8-11,13,16H,7H2,1-6H3,(H2,18,20,21)(H2,19,24,25)/t10-,11-,13?,16-/m1/s1. The number of rotatable bonds is 6. The molecule has 4 N–H and O–H groups in total. The van der Waals surface area contributed by atoms with Gasteiger partial charge < -0.3 is 14.9 Å². The van der Waals surface area contributed by atoms with Crippen molar-refractivity contribution >= 4 is 35.6 Å². The maximum atomic E-state index is 11.3. The van der Waals surface area contributed by atoms with E-state index in [1.54, 1.807) is 10.9 Å². The number of nitrogens with two attached hydrogens (primary N) is 2. The van der Waals surface area contributed by atoms with Crippen LogP contribution in [0.5, 0.6) is 0 Å². The highest BCUT2D eigenvalue weighted by atomic mass is 32.2. The van der Waals surface area contributed by atoms with Crippen LogP contribution in [-0.4, -0.2) is 55.1 Å². The Bertz CT molecular complexity index is 1020. The van der Waals surface area contributed by atoms with E-state index in [-0.39, 0.29) is 29.5 Å². The van der Waals surface area contributed by atoms with E-state index in [4.69, 9.17) is 24.2 Å². The van der Waals surface area contributed by atoms with Crippen molar-refractivity contribution in [2.45, 2.75) is 64.3 Å². The number of aromatic nitrogens is 4. The van der Waals surface area contributed by atoms with Gasteiger partial charge in [0.2, 0.25) is 0 Å². The first-order valence-electron chi connectivity index (χ1n) is 9.65. The molecule has 1 saturated heterocycles. The van der Waals surface area contributed by atoms with Crippen LogP contribution >= 0.6 is 0 Å². The molecule has 1 aliphatic heterocycles. The summed E-state index contributed by atoms with van der Waals surface area (Å²) in [7, 11) is -6.28. The van der Waals surface area contributed by atoms with Gasteiger partial charge in [-0.15, -0.1) is 0 Å². The Hall–Kier alpha value is -1.64. The van der Waals surface area contributed by atoms with E-state index in [9.17, 15) is 8.42 Å². The minimum Gasteiger partial charge on any atom is -0.409 e. The molecule has 0 saturated carbocycles. The van der Waals surface area contributed by atoms with Crippen molar-refractivity contribution in [2.24, 2.45) is 11.1 Å². The van der Waals surface area contributed by atoms with Crippen LogP contribution < -0.4 is 10.9 Å². The van der Waals surface area contributed by atoms with Gasteiger partial charge in [0, 0.05) is 5.92 Å². The van der Waals surface area contributed by atoms with Crippen LogP contribution in [0.25, 0.3) is 11.2 Å². The summed E-state index contributed by atoms with van der Waals surface area (Å²) in [6.07, 6.45) is 1.41. The average Bonchev–Trinajstić information content (AvgIpc) is 3.15. The van der Waals surface area contributed by atoms with Gasteiger partial charge in [0.05, 0.1) is 25.1 Å². The quantitative estimate of drug-likeness (QED) is 0.613. The summed E-state index contributed by atoms with van der Waals surface area (Å²) in [5, 5.41) is 4.97. The number of nitrogen functional groups attached to an aromatic ring is 1. The number of anilines is 1. The molecule has 0 spiro atoms. The first-order chi connectivity index (χ1) is 13.7. The zero-order chi connectivity index (χ0) is 22.5. The number of hydrogen-bond donors (Lipinski definition) is 2. The van der Waals surface area contributed by atoms with E-state index in [0.717, 1.165) is 0 Å². The Morgan fingerprint density at radius 2 is 1.93 bits per heavy atom. The second-order valence-corrected chi connectivity index (χ2v) is 15.1. The van der Waals surface area contributed by atoms with E-state index in [0.29, 0.717) is 11.2 Å². The van der Waals surface area contributed by atoms with Crippen molar-refractivity contribution in [2.75, 3.05) is 12.3 Å². The van der Waals surface area contributed by atoms with Crippen LogP contribution in [0.4, 0.5) is 5.82 Å². The minimum atomic E-state index is -4.09. The fourth-order valence-corrected chi connectivity index (χ4v) is 4.86. The maximum absolute atomic E-state index is 11.3. The largest absolute Gasteiger partial charge is 0.409 e. The topological polar surface area (TPSA) is 157 Å². The van der Waals surface area contributed by atoms with Crippen molar-refractivity contribution in [1.82, 2.24) is 19.5 Å². The van der Waals surface area contributed by atoms with Crippen molar-refractivity contribution in [1.29, 1.82) is 0 Å². The van der Waals surface area contributed by atoms with E-state index in [1.807, 2.05) is 6.92 Å². The normalized spacial score (nSPS) is 25.8. The van der Waals surface area contributed by atoms with Gasteiger partial charge in [-0.3, -0.25) is 8.75 Å². The van der Waals surface area contributed by atoms with Gasteiger partial charge in [-0.1, -0.05) is 27.7 Å². The Labute approximate surface area is 177 Å². The molecule has 4 atom stereocenters. The molecule has 1 unspecified atom stereocenters. The zero-order valence-corrected chi connectivity index (χ0v) is 19.9. The summed E-state index contributed by atoms with van der Waals surface area (Å²) in [6.45, 7) is 12.5. The Morgan fingerprint density at radius 1 is 1.27 bits per heavy atom. The number of imidazole rings is 1. The predicted octanol–water partition coefficient (Wildman–Crippen LogP) is 1.55. The fourth-order valence-electron chi connectivity index (χ4n) is 3.17. The van der Waals surface area contributed by atoms with Crippen LogP contribution in [0.2, 0.25) is 18.1 Å². The highest BCUT2D eigenvalue weighted by Gasteiger charge is 2.49. The molecule has 30 heavy (non-hydrogen) atoms. The molecule has 0 radical (unpaired) electrons. The minimum absolute atomic E-state index is 0.0317. The number of fused-ring (bicyclic) bond motifs is 1. The average molecular weight is 459 g/mol. The zero-order valence-electron chi connectivity index (χ0n) is 18.1. The van der Waals surface area contributed by atoms with Crippen LogP contribution in [0, 0.1) is 5.92 Å². The highest BCUT2D eigenvalue weighted by Crippen LogP contribution is 2.44. The third kappa shape index (κ3) is 4.50. The summed E-state index contributed by atoms with van der Waals surface area (Å²) in [5.74, 6) is 0.0864.